The summed E-state index contributed by atoms with van der Waals surface area (Å²) < 4.78 is 10.7. The van der Waals surface area contributed by atoms with Crippen molar-refractivity contribution in [2.45, 2.75) is 43.7 Å². The number of rotatable bonds is 7. The first-order valence-corrected chi connectivity index (χ1v) is 8.84. The Kier molecular flexibility index (Phi) is 6.92. The molecule has 0 bridgehead atoms. The van der Waals surface area contributed by atoms with Crippen LogP contribution in [0.3, 0.4) is 0 Å². The molecule has 1 atom stereocenters. The highest BCUT2D eigenvalue weighted by Gasteiger charge is 2.19. The standard InChI is InChI=1S/C17H23NO4S/c1-12(2)18-16(19)10-22-17(20)14-7-3-4-8-15(14)23-11-13-6-5-9-21-13/h3-4,7-8,12-13H,5-6,9-11H2,1-2H3,(H,18,19)/t13-/m0/s1. The maximum atomic E-state index is 12.2. The summed E-state index contributed by atoms with van der Waals surface area (Å²) in [5, 5.41) is 2.69. The molecule has 1 fully saturated rings. The number of hydrogen-bond acceptors (Lipinski definition) is 5. The normalized spacial score (nSPS) is 17.3. The van der Waals surface area contributed by atoms with Gasteiger partial charge in [-0.3, -0.25) is 4.79 Å². The van der Waals surface area contributed by atoms with Crippen LogP contribution in [-0.2, 0) is 14.3 Å². The SMILES string of the molecule is CC(C)NC(=O)COC(=O)c1ccccc1SC[C@@H]1CCCO1. The number of carbonyl (C=O) groups is 2. The fourth-order valence-electron chi connectivity index (χ4n) is 2.29. The maximum absolute atomic E-state index is 12.2. The molecule has 1 aromatic carbocycles. The van der Waals surface area contributed by atoms with Crippen molar-refractivity contribution in [3.05, 3.63) is 29.8 Å². The minimum Gasteiger partial charge on any atom is -0.452 e. The van der Waals surface area contributed by atoms with Crippen molar-refractivity contribution < 1.29 is 19.1 Å². The lowest BCUT2D eigenvalue weighted by molar-refractivity contribution is -0.124. The van der Waals surface area contributed by atoms with Crippen LogP contribution in [0.1, 0.15) is 37.0 Å². The van der Waals surface area contributed by atoms with Crippen LogP contribution in [0.2, 0.25) is 0 Å². The van der Waals surface area contributed by atoms with E-state index in [1.807, 2.05) is 26.0 Å². The number of esters is 1. The lowest BCUT2D eigenvalue weighted by Crippen LogP contribution is -2.34. The minimum absolute atomic E-state index is 0.0236. The summed E-state index contributed by atoms with van der Waals surface area (Å²) in [5.74, 6) is 0.0511. The Morgan fingerprint density at radius 1 is 1.39 bits per heavy atom. The highest BCUT2D eigenvalue weighted by molar-refractivity contribution is 7.99. The van der Waals surface area contributed by atoms with Crippen LogP contribution in [0.25, 0.3) is 0 Å². The molecule has 0 aromatic heterocycles. The Balaban J connectivity index is 1.90. The van der Waals surface area contributed by atoms with Crippen molar-refractivity contribution in [2.75, 3.05) is 19.0 Å². The molecule has 0 radical (unpaired) electrons. The van der Waals surface area contributed by atoms with Gasteiger partial charge >= 0.3 is 5.97 Å². The van der Waals surface area contributed by atoms with E-state index in [0.29, 0.717) is 5.56 Å². The Morgan fingerprint density at radius 3 is 2.87 bits per heavy atom. The van der Waals surface area contributed by atoms with Crippen molar-refractivity contribution in [3.63, 3.8) is 0 Å². The number of thioether (sulfide) groups is 1. The number of hydrogen-bond donors (Lipinski definition) is 1. The molecular weight excluding hydrogens is 314 g/mol. The first-order valence-electron chi connectivity index (χ1n) is 7.86. The zero-order chi connectivity index (χ0) is 16.7. The molecule has 23 heavy (non-hydrogen) atoms. The molecule has 2 rings (SSSR count). The minimum atomic E-state index is -0.473. The number of carbonyl (C=O) groups excluding carboxylic acids is 2. The molecule has 5 nitrogen and oxygen atoms in total. The lowest BCUT2D eigenvalue weighted by Gasteiger charge is -2.12. The first-order chi connectivity index (χ1) is 11.1. The van der Waals surface area contributed by atoms with E-state index in [0.717, 1.165) is 30.1 Å². The average molecular weight is 337 g/mol. The van der Waals surface area contributed by atoms with Crippen molar-refractivity contribution in [3.8, 4) is 0 Å². The van der Waals surface area contributed by atoms with Gasteiger partial charge in [-0.25, -0.2) is 4.79 Å². The Labute approximate surface area is 141 Å². The lowest BCUT2D eigenvalue weighted by atomic mass is 10.2. The van der Waals surface area contributed by atoms with Crippen molar-refractivity contribution in [2.24, 2.45) is 0 Å². The zero-order valence-corrected chi connectivity index (χ0v) is 14.4. The number of benzene rings is 1. The summed E-state index contributed by atoms with van der Waals surface area (Å²) in [6.45, 7) is 4.27. The molecule has 1 amide bonds. The number of nitrogens with one attached hydrogen (secondary N) is 1. The van der Waals surface area contributed by atoms with Gasteiger partial charge in [0, 0.05) is 23.3 Å². The third kappa shape index (κ3) is 5.88. The molecule has 1 heterocycles. The van der Waals surface area contributed by atoms with E-state index in [-0.39, 0.29) is 24.7 Å². The van der Waals surface area contributed by atoms with Gasteiger partial charge in [-0.05, 0) is 38.8 Å². The van der Waals surface area contributed by atoms with E-state index in [1.54, 1.807) is 23.9 Å². The third-order valence-corrected chi connectivity index (χ3v) is 4.55. The van der Waals surface area contributed by atoms with Gasteiger partial charge in [-0.15, -0.1) is 11.8 Å². The van der Waals surface area contributed by atoms with E-state index in [4.69, 9.17) is 9.47 Å². The molecule has 0 saturated carbocycles. The van der Waals surface area contributed by atoms with Crippen LogP contribution in [-0.4, -0.2) is 43.0 Å². The van der Waals surface area contributed by atoms with Crippen molar-refractivity contribution in [1.29, 1.82) is 0 Å². The Hall–Kier alpha value is -1.53. The van der Waals surface area contributed by atoms with Gasteiger partial charge in [0.1, 0.15) is 0 Å². The number of ether oxygens (including phenoxy) is 2. The molecule has 1 aromatic rings. The summed E-state index contributed by atoms with van der Waals surface area (Å²) in [6, 6.07) is 7.32. The van der Waals surface area contributed by atoms with Crippen LogP contribution < -0.4 is 5.32 Å². The van der Waals surface area contributed by atoms with Crippen molar-refractivity contribution >= 4 is 23.6 Å². The summed E-state index contributed by atoms with van der Waals surface area (Å²) in [4.78, 5) is 24.6. The maximum Gasteiger partial charge on any atom is 0.339 e. The number of amides is 1. The van der Waals surface area contributed by atoms with E-state index >= 15 is 0 Å². The highest BCUT2D eigenvalue weighted by atomic mass is 32.2. The van der Waals surface area contributed by atoms with Gasteiger partial charge in [0.2, 0.25) is 0 Å². The van der Waals surface area contributed by atoms with Gasteiger partial charge in [0.15, 0.2) is 6.61 Å². The molecule has 126 valence electrons. The smallest absolute Gasteiger partial charge is 0.339 e. The molecule has 0 unspecified atom stereocenters. The molecule has 1 N–H and O–H groups in total. The predicted octanol–water partition coefficient (Wildman–Crippen LogP) is 2.64. The van der Waals surface area contributed by atoms with Crippen LogP contribution in [0.5, 0.6) is 0 Å². The molecular formula is C17H23NO4S. The van der Waals surface area contributed by atoms with Gasteiger partial charge in [0.05, 0.1) is 11.7 Å². The second kappa shape index (κ2) is 8.93. The van der Waals surface area contributed by atoms with Crippen LogP contribution in [0.4, 0.5) is 0 Å². The molecule has 6 heteroatoms. The van der Waals surface area contributed by atoms with E-state index in [9.17, 15) is 9.59 Å². The second-order valence-electron chi connectivity index (χ2n) is 5.74. The molecule has 0 spiro atoms. The monoisotopic (exact) mass is 337 g/mol. The summed E-state index contributed by atoms with van der Waals surface area (Å²) in [5.41, 5.74) is 0.493. The van der Waals surface area contributed by atoms with Gasteiger partial charge in [-0.1, -0.05) is 12.1 Å². The largest absolute Gasteiger partial charge is 0.452 e. The third-order valence-electron chi connectivity index (χ3n) is 3.34. The molecule has 1 aliphatic heterocycles. The molecule has 1 saturated heterocycles. The molecule has 1 aliphatic rings. The first kappa shape index (κ1) is 17.8. The average Bonchev–Trinajstić information content (AvgIpc) is 3.03. The van der Waals surface area contributed by atoms with E-state index in [1.165, 1.54) is 0 Å². The van der Waals surface area contributed by atoms with Crippen LogP contribution >= 0.6 is 11.8 Å². The summed E-state index contributed by atoms with van der Waals surface area (Å²) in [7, 11) is 0. The quantitative estimate of drug-likeness (QED) is 0.612. The second-order valence-corrected chi connectivity index (χ2v) is 6.80. The topological polar surface area (TPSA) is 64.6 Å². The molecule has 0 aliphatic carbocycles. The Bertz CT molecular complexity index is 541. The van der Waals surface area contributed by atoms with Gasteiger partial charge in [0.25, 0.3) is 5.91 Å². The van der Waals surface area contributed by atoms with E-state index < -0.39 is 5.97 Å². The van der Waals surface area contributed by atoms with Crippen LogP contribution in [0, 0.1) is 0 Å². The van der Waals surface area contributed by atoms with Crippen molar-refractivity contribution in [1.82, 2.24) is 5.32 Å². The fraction of sp³-hybridized carbons (Fsp3) is 0.529. The van der Waals surface area contributed by atoms with Gasteiger partial charge in [-0.2, -0.15) is 0 Å². The predicted molar refractivity (Wildman–Crippen MR) is 89.7 cm³/mol. The summed E-state index contributed by atoms with van der Waals surface area (Å²) in [6.07, 6.45) is 2.41. The fourth-order valence-corrected chi connectivity index (χ4v) is 3.40. The zero-order valence-electron chi connectivity index (χ0n) is 13.5. The van der Waals surface area contributed by atoms with Crippen LogP contribution in [0.15, 0.2) is 29.2 Å². The van der Waals surface area contributed by atoms with Gasteiger partial charge < -0.3 is 14.8 Å². The highest BCUT2D eigenvalue weighted by Crippen LogP contribution is 2.27. The Morgan fingerprint density at radius 2 is 2.17 bits per heavy atom. The van der Waals surface area contributed by atoms with E-state index in [2.05, 4.69) is 5.32 Å². The summed E-state index contributed by atoms with van der Waals surface area (Å²) >= 11 is 1.59.